The molecule has 0 bridgehead atoms. The van der Waals surface area contributed by atoms with Gasteiger partial charge in [-0.15, -0.1) is 11.3 Å². The fourth-order valence-electron chi connectivity index (χ4n) is 2.13. The van der Waals surface area contributed by atoms with Gasteiger partial charge >= 0.3 is 5.97 Å². The zero-order valence-corrected chi connectivity index (χ0v) is 12.3. The van der Waals surface area contributed by atoms with Crippen LogP contribution in [0.25, 0.3) is 16.5 Å². The molecule has 0 saturated heterocycles. The minimum atomic E-state index is -1.22. The number of carboxylic acid groups (broad SMARTS) is 1. The van der Waals surface area contributed by atoms with Gasteiger partial charge in [0.25, 0.3) is 5.56 Å². The smallest absolute Gasteiger partial charge is 0.357 e. The van der Waals surface area contributed by atoms with Crippen molar-refractivity contribution in [2.24, 2.45) is 0 Å². The molecule has 3 aromatic rings. The maximum atomic E-state index is 12.5. The third-order valence-corrected chi connectivity index (χ3v) is 4.01. The first kappa shape index (κ1) is 14.1. The molecule has 7 nitrogen and oxygen atoms in total. The van der Waals surface area contributed by atoms with Crippen LogP contribution in [-0.4, -0.2) is 28.0 Å². The van der Waals surface area contributed by atoms with Crippen molar-refractivity contribution >= 4 is 33.1 Å². The number of benzene rings is 1. The van der Waals surface area contributed by atoms with Crippen LogP contribution < -0.4 is 16.0 Å². The molecule has 8 heteroatoms. The topological polar surface area (TPSA) is 107 Å². The number of hydrogen-bond acceptors (Lipinski definition) is 6. The Bertz CT molecular complexity index is 928. The Labute approximate surface area is 128 Å². The second-order valence-electron chi connectivity index (χ2n) is 4.46. The molecule has 0 amide bonds. The zero-order valence-electron chi connectivity index (χ0n) is 11.4. The van der Waals surface area contributed by atoms with Gasteiger partial charge in [0.1, 0.15) is 5.75 Å². The van der Waals surface area contributed by atoms with Gasteiger partial charge in [-0.05, 0) is 24.3 Å². The lowest BCUT2D eigenvalue weighted by Crippen LogP contribution is -2.24. The highest BCUT2D eigenvalue weighted by Gasteiger charge is 2.19. The molecular formula is C14H11N3O4S. The maximum Gasteiger partial charge on any atom is 0.357 e. The van der Waals surface area contributed by atoms with Gasteiger partial charge in [-0.3, -0.25) is 4.79 Å². The first-order valence-corrected chi connectivity index (χ1v) is 7.08. The van der Waals surface area contributed by atoms with E-state index in [9.17, 15) is 14.7 Å². The summed E-state index contributed by atoms with van der Waals surface area (Å²) >= 11 is 1.11. The standard InChI is InChI=1S/C14H11N3O4S/c1-21-8-4-2-7(3-5-8)17-13(18)10-9(6-22-12(10)15)11(16-17)14(19)20/h2-6H,15H2,1H3,(H,19,20). The number of aromatic nitrogens is 2. The predicted octanol–water partition coefficient (Wildman–Crippen LogP) is 1.74. The van der Waals surface area contributed by atoms with Crippen molar-refractivity contribution in [2.75, 3.05) is 12.8 Å². The third-order valence-electron chi connectivity index (χ3n) is 3.20. The molecule has 0 unspecified atom stereocenters. The van der Waals surface area contributed by atoms with Crippen LogP contribution in [0.1, 0.15) is 10.5 Å². The Kier molecular flexibility index (Phi) is 3.30. The number of methoxy groups -OCH3 is 1. The van der Waals surface area contributed by atoms with Crippen molar-refractivity contribution in [1.29, 1.82) is 0 Å². The number of thiophene rings is 1. The van der Waals surface area contributed by atoms with E-state index in [1.807, 2.05) is 0 Å². The molecule has 0 aliphatic carbocycles. The van der Waals surface area contributed by atoms with Crippen LogP contribution in [0.3, 0.4) is 0 Å². The first-order chi connectivity index (χ1) is 10.5. The van der Waals surface area contributed by atoms with Gasteiger partial charge in [-0.2, -0.15) is 9.78 Å². The molecule has 112 valence electrons. The number of ether oxygens (including phenoxy) is 1. The zero-order chi connectivity index (χ0) is 15.9. The summed E-state index contributed by atoms with van der Waals surface area (Å²) in [6.45, 7) is 0. The molecular weight excluding hydrogens is 306 g/mol. The quantitative estimate of drug-likeness (QED) is 0.762. The molecule has 0 saturated carbocycles. The van der Waals surface area contributed by atoms with Crippen molar-refractivity contribution in [2.45, 2.75) is 0 Å². The van der Waals surface area contributed by atoms with Crippen molar-refractivity contribution in [3.63, 3.8) is 0 Å². The monoisotopic (exact) mass is 317 g/mol. The number of nitrogen functional groups attached to an aromatic ring is 1. The molecule has 0 aliphatic heterocycles. The number of nitrogens with zero attached hydrogens (tertiary/aromatic N) is 2. The molecule has 0 radical (unpaired) electrons. The van der Waals surface area contributed by atoms with E-state index in [1.54, 1.807) is 24.3 Å². The molecule has 0 atom stereocenters. The van der Waals surface area contributed by atoms with E-state index < -0.39 is 11.5 Å². The summed E-state index contributed by atoms with van der Waals surface area (Å²) in [4.78, 5) is 23.9. The highest BCUT2D eigenvalue weighted by Crippen LogP contribution is 2.27. The normalized spacial score (nSPS) is 10.8. The molecule has 2 aromatic heterocycles. The summed E-state index contributed by atoms with van der Waals surface area (Å²) in [5, 5.41) is 15.5. The molecule has 0 aliphatic rings. The van der Waals surface area contributed by atoms with Crippen LogP contribution in [0.2, 0.25) is 0 Å². The highest BCUT2D eigenvalue weighted by molar-refractivity contribution is 7.15. The lowest BCUT2D eigenvalue weighted by Gasteiger charge is -2.08. The summed E-state index contributed by atoms with van der Waals surface area (Å²) in [5.41, 5.74) is 5.57. The Morgan fingerprint density at radius 3 is 2.64 bits per heavy atom. The van der Waals surface area contributed by atoms with E-state index in [1.165, 1.54) is 12.5 Å². The van der Waals surface area contributed by atoms with Gasteiger partial charge in [0, 0.05) is 10.8 Å². The first-order valence-electron chi connectivity index (χ1n) is 6.20. The van der Waals surface area contributed by atoms with E-state index in [0.717, 1.165) is 16.0 Å². The Hall–Kier alpha value is -2.87. The molecule has 0 spiro atoms. The molecule has 3 N–H and O–H groups in total. The number of nitrogens with two attached hydrogens (primary N) is 1. The summed E-state index contributed by atoms with van der Waals surface area (Å²) in [6, 6.07) is 6.55. The second-order valence-corrected chi connectivity index (χ2v) is 5.37. The SMILES string of the molecule is COc1ccc(-n2nc(C(=O)O)c3csc(N)c3c2=O)cc1. The predicted molar refractivity (Wildman–Crippen MR) is 83.1 cm³/mol. The average Bonchev–Trinajstić information content (AvgIpc) is 2.90. The molecule has 22 heavy (non-hydrogen) atoms. The Morgan fingerprint density at radius 2 is 2.05 bits per heavy atom. The van der Waals surface area contributed by atoms with Gasteiger partial charge in [0.15, 0.2) is 5.69 Å². The summed E-state index contributed by atoms with van der Waals surface area (Å²) < 4.78 is 6.09. The number of aromatic carboxylic acids is 1. The number of fused-ring (bicyclic) bond motifs is 1. The fourth-order valence-corrected chi connectivity index (χ4v) is 2.92. The van der Waals surface area contributed by atoms with Crippen LogP contribution in [-0.2, 0) is 0 Å². The minimum Gasteiger partial charge on any atom is -0.497 e. The Balaban J connectivity index is 2.33. The number of rotatable bonds is 3. The van der Waals surface area contributed by atoms with Crippen LogP contribution in [0, 0.1) is 0 Å². The van der Waals surface area contributed by atoms with E-state index >= 15 is 0 Å². The van der Waals surface area contributed by atoms with Crippen LogP contribution in [0.5, 0.6) is 5.75 Å². The lowest BCUT2D eigenvalue weighted by molar-refractivity contribution is 0.0691. The van der Waals surface area contributed by atoms with E-state index in [2.05, 4.69) is 5.10 Å². The van der Waals surface area contributed by atoms with Crippen molar-refractivity contribution in [3.05, 3.63) is 45.7 Å². The average molecular weight is 317 g/mol. The fraction of sp³-hybridized carbons (Fsp3) is 0.0714. The summed E-state index contributed by atoms with van der Waals surface area (Å²) in [6.07, 6.45) is 0. The third kappa shape index (κ3) is 2.09. The maximum absolute atomic E-state index is 12.5. The van der Waals surface area contributed by atoms with Crippen LogP contribution >= 0.6 is 11.3 Å². The largest absolute Gasteiger partial charge is 0.497 e. The Morgan fingerprint density at radius 1 is 1.36 bits per heavy atom. The van der Waals surface area contributed by atoms with Gasteiger partial charge < -0.3 is 15.6 Å². The van der Waals surface area contributed by atoms with Crippen molar-refractivity contribution in [1.82, 2.24) is 9.78 Å². The van der Waals surface area contributed by atoms with Gasteiger partial charge in [-0.25, -0.2) is 4.79 Å². The van der Waals surface area contributed by atoms with Crippen LogP contribution in [0.15, 0.2) is 34.4 Å². The van der Waals surface area contributed by atoms with Crippen LogP contribution in [0.4, 0.5) is 5.00 Å². The lowest BCUT2D eigenvalue weighted by atomic mass is 10.2. The highest BCUT2D eigenvalue weighted by atomic mass is 32.1. The number of carboxylic acids is 1. The summed E-state index contributed by atoms with van der Waals surface area (Å²) in [7, 11) is 1.53. The van der Waals surface area contributed by atoms with Crippen molar-refractivity contribution in [3.8, 4) is 11.4 Å². The number of carbonyl (C=O) groups is 1. The van der Waals surface area contributed by atoms with Gasteiger partial charge in [-0.1, -0.05) is 0 Å². The van der Waals surface area contributed by atoms with Gasteiger partial charge in [0.2, 0.25) is 0 Å². The summed E-state index contributed by atoms with van der Waals surface area (Å²) in [5.74, 6) is -0.601. The second kappa shape index (κ2) is 5.15. The minimum absolute atomic E-state index is 0.174. The van der Waals surface area contributed by atoms with E-state index in [4.69, 9.17) is 10.5 Å². The van der Waals surface area contributed by atoms with E-state index in [0.29, 0.717) is 11.4 Å². The molecule has 2 heterocycles. The van der Waals surface area contributed by atoms with Gasteiger partial charge in [0.05, 0.1) is 23.2 Å². The molecule has 0 fully saturated rings. The van der Waals surface area contributed by atoms with Crippen molar-refractivity contribution < 1.29 is 14.6 Å². The molecule has 3 rings (SSSR count). The number of anilines is 1. The number of hydrogen-bond donors (Lipinski definition) is 2. The van der Waals surface area contributed by atoms with E-state index in [-0.39, 0.29) is 21.5 Å². The molecule has 1 aromatic carbocycles.